The minimum atomic E-state index is -1.43. The Balaban J connectivity index is 2.11. The first-order valence-corrected chi connectivity index (χ1v) is 6.58. The summed E-state index contributed by atoms with van der Waals surface area (Å²) in [6.45, 7) is 5.10. The van der Waals surface area contributed by atoms with E-state index in [1.54, 1.807) is 20.8 Å². The van der Waals surface area contributed by atoms with E-state index in [2.05, 4.69) is 0 Å². The van der Waals surface area contributed by atoms with Crippen LogP contribution in [0.15, 0.2) is 0 Å². The molecule has 2 rings (SSSR count). The number of rotatable bonds is 2. The molecule has 1 N–H and O–H groups in total. The van der Waals surface area contributed by atoms with Crippen LogP contribution in [0.25, 0.3) is 0 Å². The third-order valence-electron chi connectivity index (χ3n) is 3.56. The number of carboxylic acids is 1. The van der Waals surface area contributed by atoms with Gasteiger partial charge in [0.1, 0.15) is 11.6 Å². The third-order valence-corrected chi connectivity index (χ3v) is 3.56. The van der Waals surface area contributed by atoms with Crippen molar-refractivity contribution in [2.45, 2.75) is 50.9 Å². The maximum absolute atomic E-state index is 12.1. The third kappa shape index (κ3) is 2.45. The Labute approximate surface area is 121 Å². The summed E-state index contributed by atoms with van der Waals surface area (Å²) >= 11 is 0. The number of fused-ring (bicyclic) bond motifs is 1. The van der Waals surface area contributed by atoms with Crippen LogP contribution < -0.4 is 0 Å². The van der Waals surface area contributed by atoms with E-state index in [9.17, 15) is 19.2 Å². The average molecular weight is 298 g/mol. The highest BCUT2D eigenvalue weighted by Crippen LogP contribution is 2.36. The lowest BCUT2D eigenvalue weighted by Crippen LogP contribution is -2.71. The molecule has 2 heterocycles. The maximum Gasteiger partial charge on any atom is 0.410 e. The molecule has 0 aromatic heterocycles. The minimum Gasteiger partial charge on any atom is -0.479 e. The molecule has 3 atom stereocenters. The number of aliphatic carboxylic acids is 1. The molecule has 0 bridgehead atoms. The number of hydrogen-bond acceptors (Lipinski definition) is 5. The fourth-order valence-electron chi connectivity index (χ4n) is 2.68. The number of β-lactam (4-membered cyclic amide) rings is 1. The Morgan fingerprint density at radius 2 is 1.90 bits per heavy atom. The minimum absolute atomic E-state index is 0.0550. The van der Waals surface area contributed by atoms with Gasteiger partial charge in [0.05, 0.1) is 6.04 Å². The Kier molecular flexibility index (Phi) is 3.43. The summed E-state index contributed by atoms with van der Waals surface area (Å²) < 4.78 is 5.17. The molecule has 2 aliphatic heterocycles. The normalized spacial score (nSPS) is 28.0. The molecule has 8 nitrogen and oxygen atoms in total. The Hall–Kier alpha value is -2.12. The number of likely N-dealkylation sites (N-methyl/N-ethyl adjacent to an activating group) is 1. The number of ether oxygens (including phenoxy) is 1. The van der Waals surface area contributed by atoms with Crippen molar-refractivity contribution in [3.8, 4) is 0 Å². The molecule has 21 heavy (non-hydrogen) atoms. The molecule has 2 fully saturated rings. The molecule has 0 spiro atoms. The molecule has 2 aliphatic rings. The van der Waals surface area contributed by atoms with Gasteiger partial charge in [-0.2, -0.15) is 0 Å². The van der Waals surface area contributed by atoms with Crippen molar-refractivity contribution >= 4 is 23.8 Å². The van der Waals surface area contributed by atoms with Crippen LogP contribution in [0.4, 0.5) is 4.79 Å². The highest BCUT2D eigenvalue weighted by molar-refractivity contribution is 6.12. The zero-order chi connectivity index (χ0) is 16.1. The van der Waals surface area contributed by atoms with Crippen molar-refractivity contribution < 1.29 is 29.0 Å². The molecule has 0 aromatic rings. The fourth-order valence-corrected chi connectivity index (χ4v) is 2.68. The smallest absolute Gasteiger partial charge is 0.410 e. The number of nitrogens with zero attached hydrogens (tertiary/aromatic N) is 2. The predicted octanol–water partition coefficient (Wildman–Crippen LogP) is -0.141. The van der Waals surface area contributed by atoms with Gasteiger partial charge in [-0.05, 0) is 20.8 Å². The van der Waals surface area contributed by atoms with Crippen molar-refractivity contribution in [3.05, 3.63) is 0 Å². The molecule has 0 aromatic carbocycles. The monoisotopic (exact) mass is 298 g/mol. The fraction of sp³-hybridized carbons (Fsp3) is 0.692. The molecular formula is C13H18N2O6. The van der Waals surface area contributed by atoms with Crippen LogP contribution in [0.3, 0.4) is 0 Å². The van der Waals surface area contributed by atoms with Crippen LogP contribution in [-0.2, 0) is 19.1 Å². The van der Waals surface area contributed by atoms with E-state index in [-0.39, 0.29) is 6.42 Å². The second-order valence-electron chi connectivity index (χ2n) is 6.26. The van der Waals surface area contributed by atoms with Gasteiger partial charge in [0.25, 0.3) is 0 Å². The predicted molar refractivity (Wildman–Crippen MR) is 69.5 cm³/mol. The first kappa shape index (κ1) is 15.3. The molecule has 116 valence electrons. The standard InChI is InChI=1S/C13H18N2O6/c1-13(2,3)21-12(20)14(4)8-6-5-7(16)9(11(18)19)15(6)10(8)17/h6,8-9H,5H2,1-4H3,(H,18,19). The Morgan fingerprint density at radius 3 is 2.38 bits per heavy atom. The summed E-state index contributed by atoms with van der Waals surface area (Å²) in [5.74, 6) is -2.39. The first-order valence-electron chi connectivity index (χ1n) is 6.58. The lowest BCUT2D eigenvalue weighted by Gasteiger charge is -2.47. The molecule has 2 saturated heterocycles. The largest absolute Gasteiger partial charge is 0.479 e. The summed E-state index contributed by atoms with van der Waals surface area (Å²) in [5, 5.41) is 8.99. The molecule has 0 aliphatic carbocycles. The number of carbonyl (C=O) groups excluding carboxylic acids is 3. The van der Waals surface area contributed by atoms with Crippen molar-refractivity contribution in [1.82, 2.24) is 9.80 Å². The second kappa shape index (κ2) is 4.71. The zero-order valence-electron chi connectivity index (χ0n) is 12.3. The second-order valence-corrected chi connectivity index (χ2v) is 6.26. The van der Waals surface area contributed by atoms with Gasteiger partial charge in [0.15, 0.2) is 11.8 Å². The Morgan fingerprint density at radius 1 is 1.33 bits per heavy atom. The van der Waals surface area contributed by atoms with Crippen LogP contribution in [0.1, 0.15) is 27.2 Å². The number of hydrogen-bond donors (Lipinski definition) is 1. The van der Waals surface area contributed by atoms with E-state index in [1.165, 1.54) is 7.05 Å². The lowest BCUT2D eigenvalue weighted by molar-refractivity contribution is -0.165. The average Bonchev–Trinajstić information content (AvgIpc) is 2.60. The molecule has 0 radical (unpaired) electrons. The van der Waals surface area contributed by atoms with E-state index in [4.69, 9.17) is 9.84 Å². The van der Waals surface area contributed by atoms with Crippen LogP contribution in [0.2, 0.25) is 0 Å². The van der Waals surface area contributed by atoms with E-state index in [0.717, 1.165) is 9.80 Å². The summed E-state index contributed by atoms with van der Waals surface area (Å²) in [6.07, 6.45) is -0.729. The topological polar surface area (TPSA) is 104 Å². The first-order chi connectivity index (χ1) is 9.54. The van der Waals surface area contributed by atoms with Crippen LogP contribution in [0.5, 0.6) is 0 Å². The van der Waals surface area contributed by atoms with Crippen molar-refractivity contribution in [3.63, 3.8) is 0 Å². The molecule has 2 amide bonds. The van der Waals surface area contributed by atoms with Gasteiger partial charge in [-0.15, -0.1) is 0 Å². The molecule has 3 unspecified atom stereocenters. The maximum atomic E-state index is 12.1. The summed E-state index contributed by atoms with van der Waals surface area (Å²) in [7, 11) is 1.41. The van der Waals surface area contributed by atoms with Gasteiger partial charge in [0.2, 0.25) is 5.91 Å². The zero-order valence-corrected chi connectivity index (χ0v) is 12.3. The van der Waals surface area contributed by atoms with Crippen LogP contribution in [-0.4, -0.2) is 69.4 Å². The van der Waals surface area contributed by atoms with E-state index >= 15 is 0 Å². The molecule has 0 saturated carbocycles. The van der Waals surface area contributed by atoms with Gasteiger partial charge in [-0.25, -0.2) is 9.59 Å². The van der Waals surface area contributed by atoms with Gasteiger partial charge in [0, 0.05) is 13.5 Å². The highest BCUT2D eigenvalue weighted by atomic mass is 16.6. The van der Waals surface area contributed by atoms with Gasteiger partial charge < -0.3 is 14.7 Å². The van der Waals surface area contributed by atoms with Crippen molar-refractivity contribution in [2.24, 2.45) is 0 Å². The van der Waals surface area contributed by atoms with Crippen LogP contribution >= 0.6 is 0 Å². The number of carbonyl (C=O) groups is 4. The number of ketones is 1. The Bertz CT molecular complexity index is 523. The number of amides is 2. The lowest BCUT2D eigenvalue weighted by atomic mass is 9.95. The molecule has 8 heteroatoms. The number of carboxylic acid groups (broad SMARTS) is 1. The quantitative estimate of drug-likeness (QED) is 0.562. The van der Waals surface area contributed by atoms with Crippen LogP contribution in [0, 0.1) is 0 Å². The number of Topliss-reactive ketones (excluding diaryl/α,β-unsaturated/α-hetero) is 1. The van der Waals surface area contributed by atoms with E-state index in [0.29, 0.717) is 0 Å². The highest BCUT2D eigenvalue weighted by Gasteiger charge is 2.62. The summed E-state index contributed by atoms with van der Waals surface area (Å²) in [5.41, 5.74) is -0.701. The van der Waals surface area contributed by atoms with Gasteiger partial charge in [-0.3, -0.25) is 14.5 Å². The summed E-state index contributed by atoms with van der Waals surface area (Å²) in [4.78, 5) is 48.9. The molecular weight excluding hydrogens is 280 g/mol. The van der Waals surface area contributed by atoms with Gasteiger partial charge in [-0.1, -0.05) is 0 Å². The van der Waals surface area contributed by atoms with E-state index in [1.807, 2.05) is 0 Å². The van der Waals surface area contributed by atoms with Crippen molar-refractivity contribution in [2.75, 3.05) is 7.05 Å². The SMILES string of the molecule is CN(C(=O)OC(C)(C)C)C1C(=O)N2C(C(=O)O)C(=O)CC12. The van der Waals surface area contributed by atoms with Gasteiger partial charge >= 0.3 is 12.1 Å². The van der Waals surface area contributed by atoms with Crippen molar-refractivity contribution in [1.29, 1.82) is 0 Å². The summed E-state index contributed by atoms with van der Waals surface area (Å²) in [6, 6.07) is -2.84. The van der Waals surface area contributed by atoms with E-state index < -0.39 is 47.5 Å².